The number of aliphatic hydroxyl groups excluding tert-OH is 3. The van der Waals surface area contributed by atoms with Crippen LogP contribution in [0.5, 0.6) is 0 Å². The minimum absolute atomic E-state index is 0.103. The van der Waals surface area contributed by atoms with E-state index < -0.39 is 18.8 Å². The zero-order valence-electron chi connectivity index (χ0n) is 15.0. The Hall–Kier alpha value is -2.22. The van der Waals surface area contributed by atoms with E-state index in [4.69, 9.17) is 0 Å². The normalized spacial score (nSPS) is 13.4. The van der Waals surface area contributed by atoms with E-state index in [0.29, 0.717) is 18.7 Å². The Morgan fingerprint density at radius 1 is 1.19 bits per heavy atom. The van der Waals surface area contributed by atoms with E-state index in [9.17, 15) is 20.1 Å². The second-order valence-corrected chi connectivity index (χ2v) is 6.17. The quantitative estimate of drug-likeness (QED) is 0.495. The molecule has 142 valence electrons. The van der Waals surface area contributed by atoms with E-state index in [0.717, 1.165) is 12.1 Å². The summed E-state index contributed by atoms with van der Waals surface area (Å²) in [5.41, 5.74) is 2.00. The van der Waals surface area contributed by atoms with Gasteiger partial charge in [-0.3, -0.25) is 4.79 Å². The van der Waals surface area contributed by atoms with Gasteiger partial charge in [-0.1, -0.05) is 37.3 Å². The van der Waals surface area contributed by atoms with E-state index in [2.05, 4.69) is 10.3 Å². The van der Waals surface area contributed by atoms with Gasteiger partial charge in [-0.15, -0.1) is 0 Å². The molecule has 4 N–H and O–H groups in total. The molecule has 1 heterocycles. The monoisotopic (exact) mass is 361 g/mol. The number of aryl methyl sites for hydroxylation is 2. The van der Waals surface area contributed by atoms with Gasteiger partial charge < -0.3 is 25.2 Å². The van der Waals surface area contributed by atoms with Crippen LogP contribution in [0.25, 0.3) is 0 Å². The van der Waals surface area contributed by atoms with Crippen molar-refractivity contribution in [2.75, 3.05) is 13.2 Å². The third-order valence-corrected chi connectivity index (χ3v) is 4.31. The van der Waals surface area contributed by atoms with E-state index in [1.165, 1.54) is 5.56 Å². The third-order valence-electron chi connectivity index (χ3n) is 4.31. The number of aliphatic hydroxyl groups is 3. The lowest BCUT2D eigenvalue weighted by Gasteiger charge is -2.22. The van der Waals surface area contributed by atoms with Gasteiger partial charge in [0.1, 0.15) is 5.82 Å². The van der Waals surface area contributed by atoms with Crippen molar-refractivity contribution in [3.63, 3.8) is 0 Å². The molecule has 7 nitrogen and oxygen atoms in total. The van der Waals surface area contributed by atoms with Gasteiger partial charge in [0.05, 0.1) is 37.6 Å². The van der Waals surface area contributed by atoms with Gasteiger partial charge in [0.15, 0.2) is 0 Å². The molecule has 0 aliphatic carbocycles. The molecule has 26 heavy (non-hydrogen) atoms. The first-order valence-electron chi connectivity index (χ1n) is 8.86. The highest BCUT2D eigenvalue weighted by molar-refractivity contribution is 5.75. The summed E-state index contributed by atoms with van der Waals surface area (Å²) in [7, 11) is 0. The van der Waals surface area contributed by atoms with Crippen molar-refractivity contribution >= 4 is 5.91 Å². The summed E-state index contributed by atoms with van der Waals surface area (Å²) in [5, 5.41) is 31.6. The molecule has 1 unspecified atom stereocenters. The second-order valence-electron chi connectivity index (χ2n) is 6.17. The van der Waals surface area contributed by atoms with Crippen molar-refractivity contribution < 1.29 is 20.1 Å². The molecule has 0 fully saturated rings. The van der Waals surface area contributed by atoms with Crippen molar-refractivity contribution in [3.8, 4) is 0 Å². The molecule has 0 saturated heterocycles. The van der Waals surface area contributed by atoms with Gasteiger partial charge in [-0.2, -0.15) is 0 Å². The molecular formula is C19H27N3O4. The van der Waals surface area contributed by atoms with Crippen LogP contribution in [0.1, 0.15) is 36.5 Å². The van der Waals surface area contributed by atoms with Crippen LogP contribution < -0.4 is 5.32 Å². The highest BCUT2D eigenvalue weighted by Gasteiger charge is 2.23. The van der Waals surface area contributed by atoms with Crippen LogP contribution in [-0.2, 0) is 24.2 Å². The van der Waals surface area contributed by atoms with E-state index in [1.54, 1.807) is 17.7 Å². The standard InChI is InChI=1S/C19H27N3O4/c1-2-19(26)20-10-18-21-15(9-8-14-6-4-3-5-7-14)11-22(18)16(12-23)17(25)13-24/h3-7,11,16-17,23-25H,2,8-10,12-13H2,1H3,(H,20,26)/t16?,17-/m0/s1. The number of hydrogen-bond acceptors (Lipinski definition) is 5. The van der Waals surface area contributed by atoms with Gasteiger partial charge >= 0.3 is 0 Å². The van der Waals surface area contributed by atoms with Crippen molar-refractivity contribution in [2.45, 2.75) is 44.9 Å². The average Bonchev–Trinajstić information content (AvgIpc) is 3.08. The number of rotatable bonds is 10. The third kappa shape index (κ3) is 5.39. The molecule has 2 aromatic rings. The molecule has 0 bridgehead atoms. The fraction of sp³-hybridized carbons (Fsp3) is 0.474. The van der Waals surface area contributed by atoms with Gasteiger partial charge in [0, 0.05) is 12.6 Å². The number of carbonyl (C=O) groups is 1. The Morgan fingerprint density at radius 3 is 2.54 bits per heavy atom. The van der Waals surface area contributed by atoms with Crippen LogP contribution in [0.2, 0.25) is 0 Å². The maximum atomic E-state index is 11.6. The predicted octanol–water partition coefficient (Wildman–Crippen LogP) is 0.581. The van der Waals surface area contributed by atoms with Crippen LogP contribution in [-0.4, -0.2) is 50.1 Å². The Morgan fingerprint density at radius 2 is 1.92 bits per heavy atom. The fourth-order valence-corrected chi connectivity index (χ4v) is 2.76. The Kier molecular flexibility index (Phi) is 7.77. The van der Waals surface area contributed by atoms with E-state index in [-0.39, 0.29) is 19.1 Å². The molecule has 1 aromatic carbocycles. The number of nitrogens with one attached hydrogen (secondary N) is 1. The molecular weight excluding hydrogens is 334 g/mol. The highest BCUT2D eigenvalue weighted by Crippen LogP contribution is 2.17. The molecule has 0 spiro atoms. The van der Waals surface area contributed by atoms with Crippen LogP contribution in [0.15, 0.2) is 36.5 Å². The molecule has 1 amide bonds. The van der Waals surface area contributed by atoms with E-state index in [1.807, 2.05) is 30.3 Å². The summed E-state index contributed by atoms with van der Waals surface area (Å²) in [4.78, 5) is 16.1. The number of nitrogens with zero attached hydrogens (tertiary/aromatic N) is 2. The van der Waals surface area contributed by atoms with Crippen LogP contribution in [0.4, 0.5) is 0 Å². The largest absolute Gasteiger partial charge is 0.394 e. The van der Waals surface area contributed by atoms with Gasteiger partial charge in [-0.25, -0.2) is 4.98 Å². The first-order valence-corrected chi connectivity index (χ1v) is 8.86. The minimum Gasteiger partial charge on any atom is -0.394 e. The summed E-state index contributed by atoms with van der Waals surface area (Å²) >= 11 is 0. The number of aromatic nitrogens is 2. The SMILES string of the molecule is CCC(=O)NCc1nc(CCc2ccccc2)cn1C(CO)[C@@H](O)CO. The number of amides is 1. The predicted molar refractivity (Wildman–Crippen MR) is 97.4 cm³/mol. The number of imidazole rings is 1. The van der Waals surface area contributed by atoms with Crippen molar-refractivity contribution in [1.82, 2.24) is 14.9 Å². The molecule has 0 aliphatic heterocycles. The van der Waals surface area contributed by atoms with Crippen LogP contribution >= 0.6 is 0 Å². The summed E-state index contributed by atoms with van der Waals surface area (Å²) in [6, 6.07) is 9.32. The summed E-state index contributed by atoms with van der Waals surface area (Å²) in [6.07, 6.45) is 2.53. The fourth-order valence-electron chi connectivity index (χ4n) is 2.76. The smallest absolute Gasteiger partial charge is 0.220 e. The van der Waals surface area contributed by atoms with Crippen molar-refractivity contribution in [3.05, 3.63) is 53.6 Å². The van der Waals surface area contributed by atoms with Gasteiger partial charge in [0.2, 0.25) is 5.91 Å². The van der Waals surface area contributed by atoms with Crippen LogP contribution in [0.3, 0.4) is 0 Å². The maximum Gasteiger partial charge on any atom is 0.220 e. The van der Waals surface area contributed by atoms with Crippen molar-refractivity contribution in [1.29, 1.82) is 0 Å². The summed E-state index contributed by atoms with van der Waals surface area (Å²) < 4.78 is 1.65. The van der Waals surface area contributed by atoms with Crippen molar-refractivity contribution in [2.24, 2.45) is 0 Å². The average molecular weight is 361 g/mol. The first-order chi connectivity index (χ1) is 12.6. The molecule has 0 aliphatic rings. The molecule has 0 saturated carbocycles. The topological polar surface area (TPSA) is 108 Å². The second kappa shape index (κ2) is 10.1. The lowest BCUT2D eigenvalue weighted by Crippen LogP contribution is -2.32. The van der Waals surface area contributed by atoms with Gasteiger partial charge in [0.25, 0.3) is 0 Å². The first kappa shape index (κ1) is 20.1. The number of carbonyl (C=O) groups excluding carboxylic acids is 1. The molecule has 0 radical (unpaired) electrons. The molecule has 1 aromatic heterocycles. The number of benzene rings is 1. The zero-order valence-corrected chi connectivity index (χ0v) is 15.0. The Bertz CT molecular complexity index is 687. The zero-order chi connectivity index (χ0) is 18.9. The van der Waals surface area contributed by atoms with Crippen LogP contribution in [0, 0.1) is 0 Å². The lowest BCUT2D eigenvalue weighted by molar-refractivity contribution is -0.121. The van der Waals surface area contributed by atoms with Gasteiger partial charge in [-0.05, 0) is 18.4 Å². The maximum absolute atomic E-state index is 11.6. The molecule has 2 atom stereocenters. The summed E-state index contributed by atoms with van der Waals surface area (Å²) in [6.45, 7) is 1.15. The Balaban J connectivity index is 2.19. The minimum atomic E-state index is -1.11. The lowest BCUT2D eigenvalue weighted by atomic mass is 10.1. The molecule has 2 rings (SSSR count). The Labute approximate surface area is 153 Å². The van der Waals surface area contributed by atoms with E-state index >= 15 is 0 Å². The summed E-state index contributed by atoms with van der Waals surface area (Å²) in [5.74, 6) is 0.440. The highest BCUT2D eigenvalue weighted by atomic mass is 16.3. The number of hydrogen-bond donors (Lipinski definition) is 4. The molecule has 7 heteroatoms.